The summed E-state index contributed by atoms with van der Waals surface area (Å²) in [6, 6.07) is 7.14. The zero-order valence-electron chi connectivity index (χ0n) is 8.78. The molecule has 1 aromatic carbocycles. The van der Waals surface area contributed by atoms with Gasteiger partial charge in [0, 0.05) is 0 Å². The number of hydrogen-bond donors (Lipinski definition) is 0. The Morgan fingerprint density at radius 1 is 1.44 bits per heavy atom. The number of rotatable bonds is 5. The fraction of sp³-hybridized carbons (Fsp3) is 0.417. The molecule has 16 heavy (non-hydrogen) atoms. The van der Waals surface area contributed by atoms with Crippen LogP contribution in [0.2, 0.25) is 5.02 Å². The molecule has 1 aliphatic carbocycles. The average molecular weight is 238 g/mol. The van der Waals surface area contributed by atoms with Gasteiger partial charge in [0.05, 0.1) is 11.6 Å². The lowest BCUT2D eigenvalue weighted by Crippen LogP contribution is -2.06. The molecule has 84 valence electrons. The van der Waals surface area contributed by atoms with Gasteiger partial charge in [-0.15, -0.1) is 0 Å². The molecule has 4 heteroatoms. The predicted octanol–water partition coefficient (Wildman–Crippen LogP) is 2.97. The van der Waals surface area contributed by atoms with Gasteiger partial charge in [0.15, 0.2) is 6.79 Å². The Hall–Kier alpha value is -1.24. The van der Waals surface area contributed by atoms with Crippen LogP contribution < -0.4 is 4.74 Å². The second kappa shape index (κ2) is 5.20. The molecular weight excluding hydrogens is 226 g/mol. The first-order valence-corrected chi connectivity index (χ1v) is 5.58. The summed E-state index contributed by atoms with van der Waals surface area (Å²) in [5.41, 5.74) is 0.360. The molecule has 0 aliphatic heterocycles. The Morgan fingerprint density at radius 3 is 2.94 bits per heavy atom. The van der Waals surface area contributed by atoms with Crippen LogP contribution in [-0.2, 0) is 4.74 Å². The molecule has 1 aliphatic rings. The van der Waals surface area contributed by atoms with Gasteiger partial charge in [-0.05, 0) is 30.9 Å². The lowest BCUT2D eigenvalue weighted by molar-refractivity contribution is 0.00983. The second-order valence-electron chi connectivity index (χ2n) is 3.80. The number of ether oxygens (including phenoxy) is 2. The van der Waals surface area contributed by atoms with Gasteiger partial charge in [0.1, 0.15) is 17.4 Å². The molecule has 0 saturated heterocycles. The number of benzene rings is 1. The van der Waals surface area contributed by atoms with E-state index >= 15 is 0 Å². The highest BCUT2D eigenvalue weighted by Crippen LogP contribution is 2.29. The molecule has 1 fully saturated rings. The van der Waals surface area contributed by atoms with Crippen molar-refractivity contribution in [3.8, 4) is 11.8 Å². The molecular formula is C12H12ClNO2. The maximum absolute atomic E-state index is 8.90. The van der Waals surface area contributed by atoms with E-state index in [9.17, 15) is 0 Å². The van der Waals surface area contributed by atoms with Gasteiger partial charge in [0.25, 0.3) is 0 Å². The van der Waals surface area contributed by atoms with Gasteiger partial charge in [-0.3, -0.25) is 0 Å². The highest BCUT2D eigenvalue weighted by atomic mass is 35.5. The van der Waals surface area contributed by atoms with Gasteiger partial charge in [-0.1, -0.05) is 17.7 Å². The lowest BCUT2D eigenvalue weighted by atomic mass is 10.2. The molecule has 2 rings (SSSR count). The number of nitriles is 1. The van der Waals surface area contributed by atoms with Crippen molar-refractivity contribution in [2.45, 2.75) is 12.8 Å². The fourth-order valence-corrected chi connectivity index (χ4v) is 1.55. The van der Waals surface area contributed by atoms with E-state index < -0.39 is 0 Å². The van der Waals surface area contributed by atoms with Gasteiger partial charge >= 0.3 is 0 Å². The minimum atomic E-state index is 0.172. The molecule has 1 saturated carbocycles. The summed E-state index contributed by atoms with van der Waals surface area (Å²) in [4.78, 5) is 0. The fourth-order valence-electron chi connectivity index (χ4n) is 1.34. The molecule has 3 nitrogen and oxygen atoms in total. The van der Waals surface area contributed by atoms with Crippen molar-refractivity contribution in [1.29, 1.82) is 5.26 Å². The first-order valence-electron chi connectivity index (χ1n) is 5.20. The molecule has 0 radical (unpaired) electrons. The molecule has 0 aromatic heterocycles. The van der Waals surface area contributed by atoms with Crippen LogP contribution in [0.3, 0.4) is 0 Å². The zero-order chi connectivity index (χ0) is 11.4. The zero-order valence-corrected chi connectivity index (χ0v) is 9.54. The van der Waals surface area contributed by atoms with Crippen molar-refractivity contribution >= 4 is 11.6 Å². The maximum Gasteiger partial charge on any atom is 0.189 e. The average Bonchev–Trinajstić information content (AvgIpc) is 3.08. The number of nitrogens with zero attached hydrogens (tertiary/aromatic N) is 1. The van der Waals surface area contributed by atoms with Crippen molar-refractivity contribution in [2.75, 3.05) is 13.4 Å². The van der Waals surface area contributed by atoms with Crippen molar-refractivity contribution in [1.82, 2.24) is 0 Å². The van der Waals surface area contributed by atoms with E-state index in [4.69, 9.17) is 26.3 Å². The van der Waals surface area contributed by atoms with Crippen LogP contribution in [0, 0.1) is 17.2 Å². The first-order chi connectivity index (χ1) is 7.81. The van der Waals surface area contributed by atoms with Gasteiger partial charge in [-0.2, -0.15) is 5.26 Å². The summed E-state index contributed by atoms with van der Waals surface area (Å²) in [6.45, 7) is 0.911. The van der Waals surface area contributed by atoms with Crippen LogP contribution in [0.25, 0.3) is 0 Å². The largest absolute Gasteiger partial charge is 0.466 e. The van der Waals surface area contributed by atoms with E-state index in [0.717, 1.165) is 6.61 Å². The summed E-state index contributed by atoms with van der Waals surface area (Å²) < 4.78 is 10.7. The second-order valence-corrected chi connectivity index (χ2v) is 4.21. The van der Waals surface area contributed by atoms with Crippen LogP contribution in [-0.4, -0.2) is 13.4 Å². The Labute approximate surface area is 99.5 Å². The third kappa shape index (κ3) is 2.88. The van der Waals surface area contributed by atoms with Gasteiger partial charge in [0.2, 0.25) is 0 Å². The number of hydrogen-bond acceptors (Lipinski definition) is 3. The minimum absolute atomic E-state index is 0.172. The first kappa shape index (κ1) is 11.3. The minimum Gasteiger partial charge on any atom is -0.466 e. The van der Waals surface area contributed by atoms with Crippen LogP contribution in [0.4, 0.5) is 0 Å². The van der Waals surface area contributed by atoms with E-state index in [1.54, 1.807) is 18.2 Å². The third-order valence-corrected chi connectivity index (χ3v) is 2.75. The summed E-state index contributed by atoms with van der Waals surface area (Å²) in [5, 5.41) is 9.30. The van der Waals surface area contributed by atoms with Crippen molar-refractivity contribution < 1.29 is 9.47 Å². The van der Waals surface area contributed by atoms with E-state index in [0.29, 0.717) is 22.3 Å². The molecule has 0 heterocycles. The topological polar surface area (TPSA) is 42.2 Å². The molecule has 0 spiro atoms. The molecule has 0 bridgehead atoms. The van der Waals surface area contributed by atoms with Gasteiger partial charge < -0.3 is 9.47 Å². The maximum atomic E-state index is 8.90. The van der Waals surface area contributed by atoms with Crippen LogP contribution >= 0.6 is 11.6 Å². The van der Waals surface area contributed by atoms with Crippen molar-refractivity contribution in [3.05, 3.63) is 28.8 Å². The lowest BCUT2D eigenvalue weighted by Gasteiger charge is -2.08. The Morgan fingerprint density at radius 2 is 2.25 bits per heavy atom. The summed E-state index contributed by atoms with van der Waals surface area (Å²) in [6.07, 6.45) is 2.50. The Bertz CT molecular complexity index is 410. The summed E-state index contributed by atoms with van der Waals surface area (Å²) >= 11 is 5.86. The molecule has 0 amide bonds. The predicted molar refractivity (Wildman–Crippen MR) is 60.3 cm³/mol. The molecule has 0 N–H and O–H groups in total. The molecule has 0 atom stereocenters. The highest BCUT2D eigenvalue weighted by molar-refractivity contribution is 6.31. The van der Waals surface area contributed by atoms with E-state index in [-0.39, 0.29) is 6.79 Å². The van der Waals surface area contributed by atoms with E-state index in [1.807, 2.05) is 6.07 Å². The monoisotopic (exact) mass is 237 g/mol. The Kier molecular flexibility index (Phi) is 3.66. The van der Waals surface area contributed by atoms with E-state index in [1.165, 1.54) is 12.8 Å². The van der Waals surface area contributed by atoms with Crippen molar-refractivity contribution in [2.24, 2.45) is 5.92 Å². The van der Waals surface area contributed by atoms with E-state index in [2.05, 4.69) is 0 Å². The molecule has 0 unspecified atom stereocenters. The summed E-state index contributed by atoms with van der Waals surface area (Å²) in [5.74, 6) is 1.18. The number of halogens is 1. The quantitative estimate of drug-likeness (QED) is 0.584. The smallest absolute Gasteiger partial charge is 0.189 e. The van der Waals surface area contributed by atoms with Crippen LogP contribution in [0.5, 0.6) is 5.75 Å². The van der Waals surface area contributed by atoms with Crippen LogP contribution in [0.15, 0.2) is 18.2 Å². The highest BCUT2D eigenvalue weighted by Gasteiger charge is 2.21. The summed E-state index contributed by atoms with van der Waals surface area (Å²) in [7, 11) is 0. The SMILES string of the molecule is N#Cc1c(Cl)cccc1OCOCC1CC1. The molecule has 1 aromatic rings. The third-order valence-electron chi connectivity index (χ3n) is 2.44. The standard InChI is InChI=1S/C12H12ClNO2/c13-11-2-1-3-12(10(11)6-14)16-8-15-7-9-4-5-9/h1-3,9H,4-5,7-8H2. The van der Waals surface area contributed by atoms with Crippen molar-refractivity contribution in [3.63, 3.8) is 0 Å². The van der Waals surface area contributed by atoms with Crippen LogP contribution in [0.1, 0.15) is 18.4 Å². The Balaban J connectivity index is 1.87. The normalized spacial score (nSPS) is 14.5. The van der Waals surface area contributed by atoms with Gasteiger partial charge in [-0.25, -0.2) is 0 Å².